The number of benzene rings is 1. The van der Waals surface area contributed by atoms with E-state index in [1.807, 2.05) is 48.2 Å². The number of hydrogen-bond acceptors (Lipinski definition) is 8. The number of allylic oxidation sites excluding steroid dienone is 1. The molecule has 11 heteroatoms. The largest absolute Gasteiger partial charge is 0.387 e. The first kappa shape index (κ1) is 26.7. The summed E-state index contributed by atoms with van der Waals surface area (Å²) in [6.45, 7) is 9.02. The summed E-state index contributed by atoms with van der Waals surface area (Å²) in [6.07, 6.45) is 5.55. The maximum Gasteiger partial charge on any atom is 0.278 e. The molecule has 1 aliphatic carbocycles. The van der Waals surface area contributed by atoms with Gasteiger partial charge in [-0.2, -0.15) is 4.98 Å². The van der Waals surface area contributed by atoms with Gasteiger partial charge in [-0.05, 0) is 55.2 Å². The molecule has 1 saturated heterocycles. The monoisotopic (exact) mass is 554 g/mol. The van der Waals surface area contributed by atoms with E-state index in [9.17, 15) is 14.7 Å². The van der Waals surface area contributed by atoms with E-state index in [4.69, 9.17) is 9.97 Å². The van der Waals surface area contributed by atoms with Crippen LogP contribution in [0.4, 0.5) is 17.3 Å². The molecule has 11 nitrogen and oxygen atoms in total. The van der Waals surface area contributed by atoms with Gasteiger partial charge in [0.1, 0.15) is 5.39 Å². The van der Waals surface area contributed by atoms with E-state index >= 15 is 0 Å². The number of aromatic nitrogens is 5. The number of carbonyl (C=O) groups excluding carboxylic acids is 1. The van der Waals surface area contributed by atoms with Gasteiger partial charge in [0.25, 0.3) is 5.56 Å². The van der Waals surface area contributed by atoms with Gasteiger partial charge in [0.05, 0.1) is 18.3 Å². The lowest BCUT2D eigenvalue weighted by molar-refractivity contribution is -0.131. The number of piperazine rings is 1. The molecular formula is C30H34N8O3. The lowest BCUT2D eigenvalue weighted by Gasteiger charge is -2.36. The Morgan fingerprint density at radius 2 is 1.90 bits per heavy atom. The van der Waals surface area contributed by atoms with Gasteiger partial charge >= 0.3 is 0 Å². The van der Waals surface area contributed by atoms with E-state index < -0.39 is 6.10 Å². The summed E-state index contributed by atoms with van der Waals surface area (Å²) in [5.74, 6) is 1.05. The molecule has 1 amide bonds. The van der Waals surface area contributed by atoms with Crippen LogP contribution >= 0.6 is 0 Å². The van der Waals surface area contributed by atoms with Crippen molar-refractivity contribution >= 4 is 34.3 Å². The zero-order valence-corrected chi connectivity index (χ0v) is 23.2. The van der Waals surface area contributed by atoms with Gasteiger partial charge in [0, 0.05) is 50.2 Å². The Bertz CT molecular complexity index is 1650. The molecule has 0 spiro atoms. The van der Waals surface area contributed by atoms with Gasteiger partial charge < -0.3 is 20.2 Å². The smallest absolute Gasteiger partial charge is 0.278 e. The number of fused-ring (bicyclic) bond motifs is 2. The van der Waals surface area contributed by atoms with E-state index in [1.165, 1.54) is 10.9 Å². The van der Waals surface area contributed by atoms with E-state index in [0.717, 1.165) is 56.0 Å². The van der Waals surface area contributed by atoms with Crippen molar-refractivity contribution in [1.29, 1.82) is 0 Å². The van der Waals surface area contributed by atoms with Gasteiger partial charge in [0.2, 0.25) is 11.9 Å². The summed E-state index contributed by atoms with van der Waals surface area (Å²) >= 11 is 0. The normalized spacial score (nSPS) is 17.0. The van der Waals surface area contributed by atoms with Crippen molar-refractivity contribution in [2.24, 2.45) is 0 Å². The first-order valence-corrected chi connectivity index (χ1v) is 14.1. The standard InChI is InChI=1S/C30H34N8O3/c1-3-14-37-29(41)23-19-31-30(34-28(23)38(37)25-13-8-20-6-5-7-24(39)27(20)33-25)32-21-9-11-22(12-10-21)35-15-17-36(18-16-35)26(40)4-2/h3,8-13,19,24,39H,1,4-7,14-18H2,2H3,(H,31,32,34). The third-order valence-electron chi connectivity index (χ3n) is 7.85. The quantitative estimate of drug-likeness (QED) is 0.334. The van der Waals surface area contributed by atoms with Crippen LogP contribution in [0.15, 0.2) is 60.0 Å². The lowest BCUT2D eigenvalue weighted by Crippen LogP contribution is -2.48. The first-order valence-electron chi connectivity index (χ1n) is 14.1. The Balaban J connectivity index is 1.28. The minimum absolute atomic E-state index is 0.200. The maximum atomic E-state index is 13.3. The van der Waals surface area contributed by atoms with Crippen LogP contribution in [0.1, 0.15) is 43.5 Å². The molecule has 1 aromatic carbocycles. The van der Waals surface area contributed by atoms with Crippen LogP contribution in [-0.2, 0) is 17.8 Å². The number of carbonyl (C=O) groups is 1. The van der Waals surface area contributed by atoms with Crippen LogP contribution in [0, 0.1) is 0 Å². The Morgan fingerprint density at radius 3 is 2.63 bits per heavy atom. The van der Waals surface area contributed by atoms with Crippen LogP contribution in [0.25, 0.3) is 16.9 Å². The number of aliphatic hydroxyl groups is 1. The van der Waals surface area contributed by atoms with Crippen molar-refractivity contribution < 1.29 is 9.90 Å². The van der Waals surface area contributed by atoms with Gasteiger partial charge in [-0.15, -0.1) is 6.58 Å². The molecule has 2 N–H and O–H groups in total. The van der Waals surface area contributed by atoms with Gasteiger partial charge in [0.15, 0.2) is 11.5 Å². The van der Waals surface area contributed by atoms with E-state index in [0.29, 0.717) is 41.3 Å². The second-order valence-corrected chi connectivity index (χ2v) is 10.4. The van der Waals surface area contributed by atoms with Crippen molar-refractivity contribution in [2.45, 2.75) is 45.3 Å². The summed E-state index contributed by atoms with van der Waals surface area (Å²) in [6, 6.07) is 11.8. The first-order chi connectivity index (χ1) is 20.0. The van der Waals surface area contributed by atoms with E-state index in [2.05, 4.69) is 21.8 Å². The minimum atomic E-state index is -0.627. The fraction of sp³-hybridized carbons (Fsp3) is 0.367. The van der Waals surface area contributed by atoms with Crippen molar-refractivity contribution in [3.63, 3.8) is 0 Å². The number of aliphatic hydroxyl groups excluding tert-OH is 1. The van der Waals surface area contributed by atoms with Gasteiger partial charge in [-0.25, -0.2) is 19.3 Å². The zero-order chi connectivity index (χ0) is 28.5. The number of nitrogens with zero attached hydrogens (tertiary/aromatic N) is 7. The average Bonchev–Trinajstić information content (AvgIpc) is 3.28. The topological polar surface area (TPSA) is 121 Å². The number of hydrogen-bond donors (Lipinski definition) is 2. The summed E-state index contributed by atoms with van der Waals surface area (Å²) in [7, 11) is 0. The highest BCUT2D eigenvalue weighted by Gasteiger charge is 2.23. The number of rotatable bonds is 7. The van der Waals surface area contributed by atoms with Crippen molar-refractivity contribution in [3.05, 3.63) is 76.9 Å². The summed E-state index contributed by atoms with van der Waals surface area (Å²) in [5.41, 5.74) is 3.76. The second-order valence-electron chi connectivity index (χ2n) is 10.4. The molecule has 3 aromatic heterocycles. The third kappa shape index (κ3) is 5.08. The number of pyridine rings is 1. The molecule has 1 aliphatic heterocycles. The average molecular weight is 555 g/mol. The highest BCUT2D eigenvalue weighted by atomic mass is 16.3. The van der Waals surface area contributed by atoms with Gasteiger partial charge in [-0.3, -0.25) is 9.59 Å². The van der Waals surface area contributed by atoms with Crippen molar-refractivity contribution in [1.82, 2.24) is 29.2 Å². The predicted octanol–water partition coefficient (Wildman–Crippen LogP) is 3.34. The summed E-state index contributed by atoms with van der Waals surface area (Å²) in [5, 5.41) is 14.2. The van der Waals surface area contributed by atoms with Crippen LogP contribution < -0.4 is 15.8 Å². The van der Waals surface area contributed by atoms with Crippen LogP contribution in [0.3, 0.4) is 0 Å². The second kappa shape index (κ2) is 11.2. The fourth-order valence-corrected chi connectivity index (χ4v) is 5.66. The molecule has 2 aliphatic rings. The predicted molar refractivity (Wildman–Crippen MR) is 158 cm³/mol. The Labute approximate surface area is 237 Å². The molecule has 4 heterocycles. The van der Waals surface area contributed by atoms with Crippen LogP contribution in [-0.4, -0.2) is 66.4 Å². The SMILES string of the molecule is C=CCn1c(=O)c2cnc(Nc3ccc(N4CCN(C(=O)CC)CC4)cc3)nc2n1-c1ccc2c(n1)C(O)CCC2. The molecule has 41 heavy (non-hydrogen) atoms. The fourth-order valence-electron chi connectivity index (χ4n) is 5.66. The van der Waals surface area contributed by atoms with Gasteiger partial charge in [-0.1, -0.05) is 19.1 Å². The molecule has 6 rings (SSSR count). The molecule has 1 atom stereocenters. The lowest BCUT2D eigenvalue weighted by atomic mass is 9.94. The zero-order valence-electron chi connectivity index (χ0n) is 23.2. The molecule has 4 aromatic rings. The summed E-state index contributed by atoms with van der Waals surface area (Å²) < 4.78 is 3.21. The van der Waals surface area contributed by atoms with E-state index in [1.54, 1.807) is 10.8 Å². The molecule has 212 valence electrons. The summed E-state index contributed by atoms with van der Waals surface area (Å²) in [4.78, 5) is 43.4. The Kier molecular flexibility index (Phi) is 7.27. The number of aryl methyl sites for hydroxylation is 1. The Morgan fingerprint density at radius 1 is 1.12 bits per heavy atom. The highest BCUT2D eigenvalue weighted by Crippen LogP contribution is 2.29. The molecular weight excluding hydrogens is 520 g/mol. The maximum absolute atomic E-state index is 13.3. The third-order valence-corrected chi connectivity index (χ3v) is 7.85. The Hall–Kier alpha value is -4.51. The highest BCUT2D eigenvalue weighted by molar-refractivity contribution is 5.77. The number of anilines is 3. The molecule has 0 radical (unpaired) electrons. The van der Waals surface area contributed by atoms with Crippen molar-refractivity contribution in [3.8, 4) is 5.82 Å². The van der Waals surface area contributed by atoms with E-state index in [-0.39, 0.29) is 18.0 Å². The van der Waals surface area contributed by atoms with Crippen LogP contribution in [0.5, 0.6) is 0 Å². The number of nitrogens with one attached hydrogen (secondary N) is 1. The molecule has 0 bridgehead atoms. The minimum Gasteiger partial charge on any atom is -0.387 e. The van der Waals surface area contributed by atoms with Crippen LogP contribution in [0.2, 0.25) is 0 Å². The molecule has 1 unspecified atom stereocenters. The van der Waals surface area contributed by atoms with Crippen molar-refractivity contribution in [2.75, 3.05) is 36.4 Å². The molecule has 0 saturated carbocycles. The number of amides is 1. The molecule has 1 fully saturated rings.